The number of carbonyl (C=O) groups excluding carboxylic acids is 2. The summed E-state index contributed by atoms with van der Waals surface area (Å²) in [6.07, 6.45) is 1.90. The maximum Gasteiger partial charge on any atom is 0.261 e. The molecular weight excluding hydrogens is 386 g/mol. The van der Waals surface area contributed by atoms with Crippen molar-refractivity contribution in [3.05, 3.63) is 35.4 Å². The van der Waals surface area contributed by atoms with Crippen molar-refractivity contribution in [2.45, 2.75) is 75.9 Å². The van der Waals surface area contributed by atoms with Gasteiger partial charge >= 0.3 is 0 Å². The predicted molar refractivity (Wildman–Crippen MR) is 111 cm³/mol. The minimum Gasteiger partial charge on any atom is -0.414 e. The van der Waals surface area contributed by atoms with Crippen molar-refractivity contribution >= 4 is 20.1 Å². The monoisotopic (exact) mass is 417 g/mol. The first-order valence-electron chi connectivity index (χ1n) is 10.4. The molecule has 2 fully saturated rings. The standard InChI is InChI=1S/C22H31NO5Si/c1-21(2,3)29(4,5)28-16-10-15(11-22(12-16)13-26-14-27-22)23-19(24)17-8-6-7-9-18(17)20(23)25/h6-9,15-16H,10-14H2,1-5H3/t15-,16?,22+/m1/s1. The first kappa shape index (κ1) is 20.7. The number of fused-ring (bicyclic) bond motifs is 1. The van der Waals surface area contributed by atoms with E-state index in [9.17, 15) is 9.59 Å². The fourth-order valence-corrected chi connectivity index (χ4v) is 5.86. The number of amides is 2. The van der Waals surface area contributed by atoms with Gasteiger partial charge in [-0.2, -0.15) is 0 Å². The Kier molecular flexibility index (Phi) is 5.01. The highest BCUT2D eigenvalue weighted by Crippen LogP contribution is 2.44. The van der Waals surface area contributed by atoms with E-state index >= 15 is 0 Å². The molecule has 0 aromatic heterocycles. The summed E-state index contributed by atoms with van der Waals surface area (Å²) in [5.41, 5.74) is 0.482. The SMILES string of the molecule is CC(C)(C)[Si](C)(C)OC1C[C@@H](N2C(=O)c3ccccc3C2=O)C[C@@]2(COCO2)C1. The van der Waals surface area contributed by atoms with Gasteiger partial charge in [0.2, 0.25) is 0 Å². The Morgan fingerprint density at radius 2 is 1.72 bits per heavy atom. The molecule has 158 valence electrons. The molecule has 3 atom stereocenters. The van der Waals surface area contributed by atoms with Crippen LogP contribution in [-0.2, 0) is 13.9 Å². The number of nitrogens with zero attached hydrogens (tertiary/aromatic N) is 1. The lowest BCUT2D eigenvalue weighted by molar-refractivity contribution is -0.0758. The lowest BCUT2D eigenvalue weighted by Gasteiger charge is -2.47. The van der Waals surface area contributed by atoms with Gasteiger partial charge in [0.05, 0.1) is 23.3 Å². The smallest absolute Gasteiger partial charge is 0.261 e. The number of benzene rings is 1. The molecule has 0 N–H and O–H groups in total. The highest BCUT2D eigenvalue weighted by atomic mass is 28.4. The second kappa shape index (κ2) is 7.01. The van der Waals surface area contributed by atoms with Crippen molar-refractivity contribution in [3.8, 4) is 0 Å². The van der Waals surface area contributed by atoms with Gasteiger partial charge < -0.3 is 13.9 Å². The van der Waals surface area contributed by atoms with Crippen LogP contribution in [0.25, 0.3) is 0 Å². The molecule has 3 aliphatic rings. The molecule has 1 spiro atoms. The first-order valence-corrected chi connectivity index (χ1v) is 13.3. The molecule has 6 nitrogen and oxygen atoms in total. The maximum absolute atomic E-state index is 13.1. The summed E-state index contributed by atoms with van der Waals surface area (Å²) in [5.74, 6) is -0.421. The van der Waals surface area contributed by atoms with E-state index in [4.69, 9.17) is 13.9 Å². The Morgan fingerprint density at radius 3 is 2.24 bits per heavy atom. The van der Waals surface area contributed by atoms with Gasteiger partial charge in [0.25, 0.3) is 11.8 Å². The van der Waals surface area contributed by atoms with Crippen LogP contribution in [0.1, 0.15) is 60.7 Å². The molecule has 2 amide bonds. The van der Waals surface area contributed by atoms with Crippen LogP contribution in [0, 0.1) is 0 Å². The molecule has 1 saturated carbocycles. The normalized spacial score (nSPS) is 30.3. The molecule has 4 rings (SSSR count). The van der Waals surface area contributed by atoms with E-state index in [0.717, 1.165) is 6.42 Å². The third-order valence-electron chi connectivity index (χ3n) is 7.01. The van der Waals surface area contributed by atoms with Gasteiger partial charge in [-0.25, -0.2) is 0 Å². The van der Waals surface area contributed by atoms with Gasteiger partial charge in [0, 0.05) is 18.6 Å². The summed E-state index contributed by atoms with van der Waals surface area (Å²) in [5, 5.41) is 0.0790. The number of hydrogen-bond acceptors (Lipinski definition) is 5. The summed E-state index contributed by atoms with van der Waals surface area (Å²) in [6, 6.07) is 6.80. The second-order valence-corrected chi connectivity index (χ2v) is 14.9. The molecule has 2 aliphatic heterocycles. The van der Waals surface area contributed by atoms with Gasteiger partial charge in [-0.15, -0.1) is 0 Å². The van der Waals surface area contributed by atoms with Crippen molar-refractivity contribution in [3.63, 3.8) is 0 Å². The van der Waals surface area contributed by atoms with Crippen LogP contribution >= 0.6 is 0 Å². The zero-order chi connectivity index (χ0) is 21.0. The van der Waals surface area contributed by atoms with Crippen LogP contribution in [0.15, 0.2) is 24.3 Å². The maximum atomic E-state index is 13.1. The predicted octanol–water partition coefficient (Wildman–Crippen LogP) is 3.97. The van der Waals surface area contributed by atoms with E-state index in [1.54, 1.807) is 24.3 Å². The summed E-state index contributed by atoms with van der Waals surface area (Å²) in [4.78, 5) is 27.6. The molecule has 2 heterocycles. The molecule has 1 aromatic rings. The Bertz CT molecular complexity index is 790. The minimum atomic E-state index is -2.01. The van der Waals surface area contributed by atoms with Gasteiger partial charge in [0.1, 0.15) is 6.79 Å². The van der Waals surface area contributed by atoms with E-state index in [1.165, 1.54) is 4.90 Å². The summed E-state index contributed by atoms with van der Waals surface area (Å²) in [7, 11) is -2.01. The number of carbonyl (C=O) groups is 2. The van der Waals surface area contributed by atoms with Crippen molar-refractivity contribution in [2.75, 3.05) is 13.4 Å². The average molecular weight is 418 g/mol. The molecule has 1 saturated heterocycles. The van der Waals surface area contributed by atoms with Crippen LogP contribution in [-0.4, -0.2) is 56.2 Å². The van der Waals surface area contributed by atoms with Crippen molar-refractivity contribution in [2.24, 2.45) is 0 Å². The largest absolute Gasteiger partial charge is 0.414 e. The summed E-state index contributed by atoms with van der Waals surface area (Å²) >= 11 is 0. The molecule has 0 radical (unpaired) electrons. The molecule has 0 bridgehead atoms. The van der Waals surface area contributed by atoms with Crippen LogP contribution in [0.5, 0.6) is 0 Å². The highest BCUT2D eigenvalue weighted by Gasteiger charge is 2.52. The molecule has 1 aromatic carbocycles. The van der Waals surface area contributed by atoms with E-state index in [0.29, 0.717) is 30.6 Å². The zero-order valence-electron chi connectivity index (χ0n) is 18.0. The third kappa shape index (κ3) is 3.58. The summed E-state index contributed by atoms with van der Waals surface area (Å²) in [6.45, 7) is 11.8. The molecule has 1 aliphatic carbocycles. The molecule has 1 unspecified atom stereocenters. The van der Waals surface area contributed by atoms with Gasteiger partial charge in [-0.3, -0.25) is 14.5 Å². The third-order valence-corrected chi connectivity index (χ3v) is 11.5. The lowest BCUT2D eigenvalue weighted by Crippen LogP contribution is -2.56. The zero-order valence-corrected chi connectivity index (χ0v) is 19.0. The Morgan fingerprint density at radius 1 is 1.10 bits per heavy atom. The van der Waals surface area contributed by atoms with Crippen LogP contribution < -0.4 is 0 Å². The van der Waals surface area contributed by atoms with E-state index < -0.39 is 13.9 Å². The Balaban J connectivity index is 1.62. The van der Waals surface area contributed by atoms with E-state index in [2.05, 4.69) is 33.9 Å². The quantitative estimate of drug-likeness (QED) is 0.550. The topological polar surface area (TPSA) is 65.1 Å². The number of rotatable bonds is 3. The van der Waals surface area contributed by atoms with Gasteiger partial charge in [0.15, 0.2) is 8.32 Å². The first-order chi connectivity index (χ1) is 13.5. The highest BCUT2D eigenvalue weighted by molar-refractivity contribution is 6.74. The Labute approximate surface area is 173 Å². The second-order valence-electron chi connectivity index (χ2n) is 10.1. The lowest BCUT2D eigenvalue weighted by atomic mass is 9.80. The van der Waals surface area contributed by atoms with Gasteiger partial charge in [-0.1, -0.05) is 32.9 Å². The fourth-order valence-electron chi connectivity index (χ4n) is 4.49. The van der Waals surface area contributed by atoms with Crippen molar-refractivity contribution in [1.82, 2.24) is 4.90 Å². The average Bonchev–Trinajstić information content (AvgIpc) is 3.16. The van der Waals surface area contributed by atoms with E-state index in [-0.39, 0.29) is 35.8 Å². The molecule has 29 heavy (non-hydrogen) atoms. The molecular formula is C22H31NO5Si. The minimum absolute atomic E-state index is 0.0688. The number of ether oxygens (including phenoxy) is 2. The number of hydrogen-bond donors (Lipinski definition) is 0. The van der Waals surface area contributed by atoms with Crippen LogP contribution in [0.2, 0.25) is 18.1 Å². The van der Waals surface area contributed by atoms with E-state index in [1.807, 2.05) is 0 Å². The van der Waals surface area contributed by atoms with Crippen molar-refractivity contribution < 1.29 is 23.5 Å². The van der Waals surface area contributed by atoms with Crippen molar-refractivity contribution in [1.29, 1.82) is 0 Å². The fraction of sp³-hybridized carbons (Fsp3) is 0.636. The van der Waals surface area contributed by atoms with Gasteiger partial charge in [-0.05, 0) is 43.1 Å². The summed E-state index contributed by atoms with van der Waals surface area (Å²) < 4.78 is 18.3. The van der Waals surface area contributed by atoms with Crippen LogP contribution in [0.3, 0.4) is 0 Å². The Hall–Kier alpha value is -1.54. The van der Waals surface area contributed by atoms with Crippen LogP contribution in [0.4, 0.5) is 0 Å². The number of imide groups is 1. The molecule has 7 heteroatoms.